The van der Waals surface area contributed by atoms with Crippen molar-refractivity contribution in [3.05, 3.63) is 41.3 Å². The summed E-state index contributed by atoms with van der Waals surface area (Å²) < 4.78 is 0. The average Bonchev–Trinajstić information content (AvgIpc) is 2.89. The van der Waals surface area contributed by atoms with Crippen LogP contribution in [0.2, 0.25) is 0 Å². The number of hydrogen-bond donors (Lipinski definition) is 3. The van der Waals surface area contributed by atoms with Gasteiger partial charge >= 0.3 is 0 Å². The highest BCUT2D eigenvalue weighted by atomic mass is 32.1. The number of thiophene rings is 1. The summed E-state index contributed by atoms with van der Waals surface area (Å²) in [6.45, 7) is 2.93. The van der Waals surface area contributed by atoms with Crippen LogP contribution in [0.3, 0.4) is 0 Å². The van der Waals surface area contributed by atoms with Gasteiger partial charge in [0.15, 0.2) is 0 Å². The van der Waals surface area contributed by atoms with E-state index in [4.69, 9.17) is 4.99 Å². The summed E-state index contributed by atoms with van der Waals surface area (Å²) in [6.07, 6.45) is 0. The fourth-order valence-electron chi connectivity index (χ4n) is 2.71. The maximum absolute atomic E-state index is 4.93. The van der Waals surface area contributed by atoms with Crippen molar-refractivity contribution < 1.29 is 0 Å². The molecule has 20 heavy (non-hydrogen) atoms. The van der Waals surface area contributed by atoms with E-state index in [0.29, 0.717) is 0 Å². The SMILES string of the molecule is c1ccc2c(c1)N=C(C1CNCCN1)c1ccsc1N2. The van der Waals surface area contributed by atoms with Crippen molar-refractivity contribution in [2.75, 3.05) is 25.0 Å². The van der Waals surface area contributed by atoms with Crippen LogP contribution in [0.1, 0.15) is 5.56 Å². The van der Waals surface area contributed by atoms with Crippen LogP contribution in [0, 0.1) is 0 Å². The molecule has 3 heterocycles. The molecule has 1 atom stereocenters. The van der Waals surface area contributed by atoms with E-state index in [1.54, 1.807) is 11.3 Å². The smallest absolute Gasteiger partial charge is 0.102 e. The van der Waals surface area contributed by atoms with E-state index >= 15 is 0 Å². The normalized spacial score (nSPS) is 21.2. The van der Waals surface area contributed by atoms with Gasteiger partial charge in [0.2, 0.25) is 0 Å². The highest BCUT2D eigenvalue weighted by Crippen LogP contribution is 2.37. The lowest BCUT2D eigenvalue weighted by atomic mass is 10.0. The molecule has 0 bridgehead atoms. The highest BCUT2D eigenvalue weighted by Gasteiger charge is 2.25. The molecule has 2 aromatic rings. The number of hydrogen-bond acceptors (Lipinski definition) is 5. The Morgan fingerprint density at radius 1 is 1.15 bits per heavy atom. The predicted octanol–water partition coefficient (Wildman–Crippen LogP) is 2.49. The van der Waals surface area contributed by atoms with Crippen LogP contribution in [0.4, 0.5) is 16.4 Å². The van der Waals surface area contributed by atoms with E-state index in [2.05, 4.69) is 39.5 Å². The summed E-state index contributed by atoms with van der Waals surface area (Å²) in [7, 11) is 0. The number of aliphatic imine (C=N–C) groups is 1. The largest absolute Gasteiger partial charge is 0.345 e. The van der Waals surface area contributed by atoms with Gasteiger partial charge in [-0.2, -0.15) is 0 Å². The fraction of sp³-hybridized carbons (Fsp3) is 0.267. The Hall–Kier alpha value is -1.69. The van der Waals surface area contributed by atoms with Gasteiger partial charge in [0.1, 0.15) is 5.00 Å². The van der Waals surface area contributed by atoms with Gasteiger partial charge in [-0.1, -0.05) is 12.1 Å². The van der Waals surface area contributed by atoms with Crippen LogP contribution in [0.25, 0.3) is 0 Å². The molecule has 0 spiro atoms. The molecule has 0 radical (unpaired) electrons. The molecule has 0 amide bonds. The van der Waals surface area contributed by atoms with Gasteiger partial charge in [0, 0.05) is 25.2 Å². The lowest BCUT2D eigenvalue weighted by molar-refractivity contribution is 0.488. The molecule has 4 rings (SSSR count). The molecule has 1 saturated heterocycles. The molecule has 1 unspecified atom stereocenters. The van der Waals surface area contributed by atoms with E-state index in [0.717, 1.165) is 36.7 Å². The molecule has 0 aliphatic carbocycles. The van der Waals surface area contributed by atoms with Crippen molar-refractivity contribution in [3.8, 4) is 0 Å². The van der Waals surface area contributed by atoms with Crippen LogP contribution in [0.15, 0.2) is 40.7 Å². The number of para-hydroxylation sites is 2. The molecule has 1 aromatic carbocycles. The van der Waals surface area contributed by atoms with Crippen LogP contribution in [-0.2, 0) is 0 Å². The molecule has 2 aliphatic rings. The van der Waals surface area contributed by atoms with Gasteiger partial charge in [0.25, 0.3) is 0 Å². The Kier molecular flexibility index (Phi) is 3.03. The second-order valence-corrected chi connectivity index (χ2v) is 5.93. The standard InChI is InChI=1S/C15H16N4S/c1-2-4-12-11(3-1)18-14(13-9-16-6-7-17-13)10-5-8-20-15(10)19-12/h1-5,8,13,16-17,19H,6-7,9H2. The van der Waals surface area contributed by atoms with Gasteiger partial charge in [-0.25, -0.2) is 4.99 Å². The van der Waals surface area contributed by atoms with Crippen LogP contribution < -0.4 is 16.0 Å². The first-order valence-electron chi connectivity index (χ1n) is 6.88. The Morgan fingerprint density at radius 2 is 2.10 bits per heavy atom. The van der Waals surface area contributed by atoms with Crippen LogP contribution in [-0.4, -0.2) is 31.4 Å². The van der Waals surface area contributed by atoms with Crippen molar-refractivity contribution in [1.29, 1.82) is 0 Å². The third-order valence-corrected chi connectivity index (χ3v) is 4.54. The molecule has 4 nitrogen and oxygen atoms in total. The van der Waals surface area contributed by atoms with Gasteiger partial charge < -0.3 is 16.0 Å². The summed E-state index contributed by atoms with van der Waals surface area (Å²) in [4.78, 5) is 4.93. The molecular weight excluding hydrogens is 268 g/mol. The topological polar surface area (TPSA) is 48.5 Å². The minimum absolute atomic E-state index is 0.269. The van der Waals surface area contributed by atoms with Crippen molar-refractivity contribution in [2.24, 2.45) is 4.99 Å². The van der Waals surface area contributed by atoms with Crippen molar-refractivity contribution >= 4 is 33.4 Å². The monoisotopic (exact) mass is 284 g/mol. The van der Waals surface area contributed by atoms with E-state index in [1.165, 1.54) is 10.6 Å². The Labute approximate surface area is 121 Å². The highest BCUT2D eigenvalue weighted by molar-refractivity contribution is 7.14. The number of rotatable bonds is 1. The number of piperazine rings is 1. The van der Waals surface area contributed by atoms with Crippen molar-refractivity contribution in [2.45, 2.75) is 6.04 Å². The first-order valence-corrected chi connectivity index (χ1v) is 7.76. The molecule has 1 fully saturated rings. The predicted molar refractivity (Wildman–Crippen MR) is 84.9 cm³/mol. The molecule has 2 aliphatic heterocycles. The molecule has 3 N–H and O–H groups in total. The molecule has 5 heteroatoms. The summed E-state index contributed by atoms with van der Waals surface area (Å²) in [5, 5.41) is 13.8. The number of nitrogens with one attached hydrogen (secondary N) is 3. The number of nitrogens with zero attached hydrogens (tertiary/aromatic N) is 1. The Balaban J connectivity index is 1.84. The summed E-state index contributed by atoms with van der Waals surface area (Å²) in [5.41, 5.74) is 4.44. The maximum Gasteiger partial charge on any atom is 0.102 e. The molecule has 0 saturated carbocycles. The third kappa shape index (κ3) is 2.04. The van der Waals surface area contributed by atoms with Crippen LogP contribution >= 0.6 is 11.3 Å². The van der Waals surface area contributed by atoms with E-state index < -0.39 is 0 Å². The Bertz CT molecular complexity index is 655. The zero-order chi connectivity index (χ0) is 13.4. The van der Waals surface area contributed by atoms with E-state index in [1.807, 2.05) is 12.1 Å². The Morgan fingerprint density at radius 3 is 3.00 bits per heavy atom. The fourth-order valence-corrected chi connectivity index (χ4v) is 3.52. The van der Waals surface area contributed by atoms with Crippen molar-refractivity contribution in [1.82, 2.24) is 10.6 Å². The second kappa shape index (κ2) is 5.01. The third-order valence-electron chi connectivity index (χ3n) is 3.71. The van der Waals surface area contributed by atoms with Gasteiger partial charge in [0.05, 0.1) is 23.1 Å². The summed E-state index contributed by atoms with van der Waals surface area (Å²) in [6, 6.07) is 10.7. The first kappa shape index (κ1) is 12.1. The van der Waals surface area contributed by atoms with Gasteiger partial charge in [-0.15, -0.1) is 11.3 Å². The van der Waals surface area contributed by atoms with Gasteiger partial charge in [-0.05, 0) is 23.6 Å². The maximum atomic E-state index is 4.93. The minimum Gasteiger partial charge on any atom is -0.345 e. The molecule has 102 valence electrons. The zero-order valence-corrected chi connectivity index (χ0v) is 11.8. The molecular formula is C15H16N4S. The lowest BCUT2D eigenvalue weighted by Gasteiger charge is -2.25. The van der Waals surface area contributed by atoms with Crippen molar-refractivity contribution in [3.63, 3.8) is 0 Å². The minimum atomic E-state index is 0.269. The second-order valence-electron chi connectivity index (χ2n) is 5.01. The summed E-state index contributed by atoms with van der Waals surface area (Å²) in [5.74, 6) is 0. The number of fused-ring (bicyclic) bond motifs is 2. The van der Waals surface area contributed by atoms with Gasteiger partial charge in [-0.3, -0.25) is 0 Å². The average molecular weight is 284 g/mol. The van der Waals surface area contributed by atoms with Crippen LogP contribution in [0.5, 0.6) is 0 Å². The summed E-state index contributed by atoms with van der Waals surface area (Å²) >= 11 is 1.73. The molecule has 1 aromatic heterocycles. The van der Waals surface area contributed by atoms with E-state index in [9.17, 15) is 0 Å². The number of anilines is 2. The number of benzene rings is 1. The first-order chi connectivity index (χ1) is 9.92. The van der Waals surface area contributed by atoms with E-state index in [-0.39, 0.29) is 6.04 Å². The zero-order valence-electron chi connectivity index (χ0n) is 11.0. The lowest BCUT2D eigenvalue weighted by Crippen LogP contribution is -2.52. The quantitative estimate of drug-likeness (QED) is 0.754.